The van der Waals surface area contributed by atoms with Crippen molar-refractivity contribution in [2.45, 2.75) is 18.9 Å². The van der Waals surface area contributed by atoms with E-state index in [-0.39, 0.29) is 30.2 Å². The van der Waals surface area contributed by atoms with E-state index in [0.717, 1.165) is 6.42 Å². The van der Waals surface area contributed by atoms with Crippen molar-refractivity contribution >= 4 is 17.5 Å². The summed E-state index contributed by atoms with van der Waals surface area (Å²) in [5.41, 5.74) is 0.443. The summed E-state index contributed by atoms with van der Waals surface area (Å²) < 4.78 is 18.3. The zero-order chi connectivity index (χ0) is 14.3. The van der Waals surface area contributed by atoms with E-state index in [4.69, 9.17) is 4.74 Å². The number of amides is 2. The number of carbonyl (C=O) groups is 2. The molecule has 0 aromatic heterocycles. The second kappa shape index (κ2) is 4.77. The first-order chi connectivity index (χ1) is 9.61. The topological polar surface area (TPSA) is 49.9 Å². The van der Waals surface area contributed by atoms with Crippen LogP contribution in [0.3, 0.4) is 0 Å². The highest BCUT2D eigenvalue weighted by Gasteiger charge is 2.43. The summed E-state index contributed by atoms with van der Waals surface area (Å²) in [6, 6.07) is 3.57. The predicted molar refractivity (Wildman–Crippen MR) is 70.0 cm³/mol. The summed E-state index contributed by atoms with van der Waals surface area (Å²) in [4.78, 5) is 27.6. The Balaban J connectivity index is 1.97. The highest BCUT2D eigenvalue weighted by Crippen LogP contribution is 2.33. The molecule has 0 aliphatic carbocycles. The molecule has 2 fully saturated rings. The fourth-order valence-corrected chi connectivity index (χ4v) is 2.88. The van der Waals surface area contributed by atoms with Crippen LogP contribution in [0.2, 0.25) is 0 Å². The summed E-state index contributed by atoms with van der Waals surface area (Å²) in [6.45, 7) is 0.626. The van der Waals surface area contributed by atoms with Crippen molar-refractivity contribution in [3.05, 3.63) is 24.0 Å². The van der Waals surface area contributed by atoms with Crippen molar-refractivity contribution in [3.63, 3.8) is 0 Å². The Morgan fingerprint density at radius 3 is 2.90 bits per heavy atom. The lowest BCUT2D eigenvalue weighted by Crippen LogP contribution is -2.57. The van der Waals surface area contributed by atoms with Crippen molar-refractivity contribution in [1.29, 1.82) is 0 Å². The van der Waals surface area contributed by atoms with Gasteiger partial charge in [0.05, 0.1) is 12.8 Å². The third kappa shape index (κ3) is 1.92. The number of benzene rings is 1. The van der Waals surface area contributed by atoms with Gasteiger partial charge in [0.1, 0.15) is 24.2 Å². The van der Waals surface area contributed by atoms with Crippen molar-refractivity contribution in [2.24, 2.45) is 0 Å². The highest BCUT2D eigenvalue weighted by molar-refractivity contribution is 6.07. The van der Waals surface area contributed by atoms with E-state index in [1.54, 1.807) is 4.90 Å². The monoisotopic (exact) mass is 278 g/mol. The maximum atomic E-state index is 13.2. The first-order valence-corrected chi connectivity index (χ1v) is 6.56. The van der Waals surface area contributed by atoms with E-state index < -0.39 is 5.82 Å². The Morgan fingerprint density at radius 1 is 1.35 bits per heavy atom. The molecule has 2 aliphatic rings. The molecule has 1 aromatic rings. The van der Waals surface area contributed by atoms with E-state index in [0.29, 0.717) is 18.7 Å². The van der Waals surface area contributed by atoms with Crippen LogP contribution >= 0.6 is 0 Å². The number of piperazine rings is 1. The van der Waals surface area contributed by atoms with E-state index in [9.17, 15) is 14.0 Å². The number of rotatable bonds is 2. The van der Waals surface area contributed by atoms with Gasteiger partial charge in [0.15, 0.2) is 0 Å². The Kier molecular flexibility index (Phi) is 3.08. The zero-order valence-corrected chi connectivity index (χ0v) is 11.1. The number of nitrogens with zero attached hydrogens (tertiary/aromatic N) is 2. The minimum absolute atomic E-state index is 0.0165. The van der Waals surface area contributed by atoms with Crippen LogP contribution in [0.25, 0.3) is 0 Å². The van der Waals surface area contributed by atoms with Crippen molar-refractivity contribution in [3.8, 4) is 5.75 Å². The molecule has 0 saturated carbocycles. The summed E-state index contributed by atoms with van der Waals surface area (Å²) in [5.74, 6) is -0.369. The number of halogens is 1. The van der Waals surface area contributed by atoms with Crippen molar-refractivity contribution in [2.75, 3.05) is 25.1 Å². The fraction of sp³-hybridized carbons (Fsp3) is 0.429. The van der Waals surface area contributed by atoms with Crippen molar-refractivity contribution in [1.82, 2.24) is 4.90 Å². The molecular weight excluding hydrogens is 263 g/mol. The maximum absolute atomic E-state index is 13.2. The Hall–Kier alpha value is -2.11. The summed E-state index contributed by atoms with van der Waals surface area (Å²) >= 11 is 0. The van der Waals surface area contributed by atoms with Gasteiger partial charge in [-0.15, -0.1) is 0 Å². The second-order valence-corrected chi connectivity index (χ2v) is 4.99. The largest absolute Gasteiger partial charge is 0.494 e. The highest BCUT2D eigenvalue weighted by atomic mass is 19.1. The summed E-state index contributed by atoms with van der Waals surface area (Å²) in [6.07, 6.45) is 1.53. The lowest BCUT2D eigenvalue weighted by Gasteiger charge is -2.36. The number of ether oxygens (including phenoxy) is 1. The van der Waals surface area contributed by atoms with Gasteiger partial charge in [0.25, 0.3) is 0 Å². The van der Waals surface area contributed by atoms with Crippen LogP contribution in [0, 0.1) is 5.82 Å². The predicted octanol–water partition coefficient (Wildman–Crippen LogP) is 1.17. The number of hydrogen-bond donors (Lipinski definition) is 0. The smallest absolute Gasteiger partial charge is 0.250 e. The zero-order valence-electron chi connectivity index (χ0n) is 11.1. The van der Waals surface area contributed by atoms with Gasteiger partial charge in [-0.25, -0.2) is 4.39 Å². The van der Waals surface area contributed by atoms with Crippen LogP contribution in [-0.4, -0.2) is 43.0 Å². The summed E-state index contributed by atoms with van der Waals surface area (Å²) in [5, 5.41) is 0. The molecule has 1 atom stereocenters. The molecule has 20 heavy (non-hydrogen) atoms. The van der Waals surface area contributed by atoms with Gasteiger partial charge in [-0.3, -0.25) is 14.5 Å². The normalized spacial score (nSPS) is 22.2. The van der Waals surface area contributed by atoms with E-state index in [1.165, 1.54) is 30.2 Å². The minimum atomic E-state index is -0.441. The Morgan fingerprint density at radius 2 is 2.15 bits per heavy atom. The molecule has 106 valence electrons. The first-order valence-electron chi connectivity index (χ1n) is 6.56. The van der Waals surface area contributed by atoms with Gasteiger partial charge < -0.3 is 9.64 Å². The van der Waals surface area contributed by atoms with Crippen LogP contribution < -0.4 is 9.64 Å². The van der Waals surface area contributed by atoms with Crippen molar-refractivity contribution < 1.29 is 18.7 Å². The molecule has 0 bridgehead atoms. The maximum Gasteiger partial charge on any atom is 0.250 e. The lowest BCUT2D eigenvalue weighted by atomic mass is 10.1. The molecule has 1 unspecified atom stereocenters. The third-order valence-corrected chi connectivity index (χ3v) is 3.85. The Labute approximate surface area is 115 Å². The van der Waals surface area contributed by atoms with Crippen LogP contribution in [0.4, 0.5) is 10.1 Å². The lowest BCUT2D eigenvalue weighted by molar-refractivity contribution is -0.140. The van der Waals surface area contributed by atoms with Crippen LogP contribution in [0.15, 0.2) is 18.2 Å². The molecule has 0 N–H and O–H groups in total. The van der Waals surface area contributed by atoms with Crippen LogP contribution in [0.1, 0.15) is 12.8 Å². The van der Waals surface area contributed by atoms with Crippen LogP contribution in [-0.2, 0) is 9.59 Å². The quantitative estimate of drug-likeness (QED) is 0.816. The molecule has 2 aliphatic heterocycles. The minimum Gasteiger partial charge on any atom is -0.494 e. The summed E-state index contributed by atoms with van der Waals surface area (Å²) in [7, 11) is 1.41. The number of hydrogen-bond acceptors (Lipinski definition) is 3. The SMILES string of the molecule is COc1cc(F)ccc1N1CC(=O)N2CCCC2C1=O. The van der Waals surface area contributed by atoms with Gasteiger partial charge in [-0.05, 0) is 25.0 Å². The van der Waals surface area contributed by atoms with E-state index >= 15 is 0 Å². The van der Waals surface area contributed by atoms with E-state index in [2.05, 4.69) is 0 Å². The second-order valence-electron chi connectivity index (χ2n) is 4.99. The first kappa shape index (κ1) is 12.9. The molecular formula is C14H15FN2O3. The van der Waals surface area contributed by atoms with Gasteiger partial charge in [-0.2, -0.15) is 0 Å². The van der Waals surface area contributed by atoms with Gasteiger partial charge in [-0.1, -0.05) is 0 Å². The number of anilines is 1. The fourth-order valence-electron chi connectivity index (χ4n) is 2.88. The average Bonchev–Trinajstić information content (AvgIpc) is 2.93. The molecule has 1 aromatic carbocycles. The molecule has 2 amide bonds. The van der Waals surface area contributed by atoms with Gasteiger partial charge >= 0.3 is 0 Å². The molecule has 0 radical (unpaired) electrons. The van der Waals surface area contributed by atoms with E-state index in [1.807, 2.05) is 0 Å². The molecule has 2 saturated heterocycles. The average molecular weight is 278 g/mol. The molecule has 3 rings (SSSR count). The molecule has 2 heterocycles. The molecule has 0 spiro atoms. The molecule has 5 nitrogen and oxygen atoms in total. The van der Waals surface area contributed by atoms with Crippen LogP contribution in [0.5, 0.6) is 5.75 Å². The molecule has 6 heteroatoms. The standard InChI is InChI=1S/C14H15FN2O3/c1-20-12-7-9(15)4-5-10(12)17-8-13(18)16-6-2-3-11(16)14(17)19/h4-5,7,11H,2-3,6,8H2,1H3. The number of fused-ring (bicyclic) bond motifs is 1. The Bertz CT molecular complexity index is 576. The van der Waals surface area contributed by atoms with Gasteiger partial charge in [0.2, 0.25) is 11.8 Å². The van der Waals surface area contributed by atoms with Gasteiger partial charge in [0, 0.05) is 12.6 Å². The number of methoxy groups -OCH3 is 1. The number of carbonyl (C=O) groups excluding carboxylic acids is 2. The third-order valence-electron chi connectivity index (χ3n) is 3.85.